The molecule has 0 unspecified atom stereocenters. The number of rotatable bonds is 0. The van der Waals surface area contributed by atoms with Crippen LogP contribution >= 0.6 is 0 Å². The van der Waals surface area contributed by atoms with Crippen LogP contribution in [-0.4, -0.2) is 20.4 Å². The molecule has 0 spiro atoms. The molecule has 1 aromatic carbocycles. The molecule has 1 N–H and O–H groups in total. The molecule has 0 saturated heterocycles. The lowest BCUT2D eigenvalue weighted by Crippen LogP contribution is -1.82. The molecule has 62 valence electrons. The summed E-state index contributed by atoms with van der Waals surface area (Å²) in [6, 6.07) is 5.94. The molecule has 2 heterocycles. The smallest absolute Gasteiger partial charge is 0.104 e. The van der Waals surface area contributed by atoms with E-state index in [4.69, 9.17) is 0 Å². The van der Waals surface area contributed by atoms with E-state index in [-0.39, 0.29) is 0 Å². The van der Waals surface area contributed by atoms with E-state index < -0.39 is 0 Å². The van der Waals surface area contributed by atoms with Gasteiger partial charge in [0, 0.05) is 10.8 Å². The van der Waals surface area contributed by atoms with Gasteiger partial charge in [0.15, 0.2) is 0 Å². The topological polar surface area (TPSA) is 54.5 Å². The first-order chi connectivity index (χ1) is 6.45. The summed E-state index contributed by atoms with van der Waals surface area (Å²) in [4.78, 5) is 0. The highest BCUT2D eigenvalue weighted by Gasteiger charge is 2.01. The lowest BCUT2D eigenvalue weighted by molar-refractivity contribution is 1.08. The van der Waals surface area contributed by atoms with Gasteiger partial charge >= 0.3 is 0 Å². The maximum atomic E-state index is 4.07. The minimum atomic E-state index is 0.897. The molecule has 3 rings (SSSR count). The number of fused-ring (bicyclic) bond motifs is 3. The molecule has 0 aliphatic carbocycles. The van der Waals surface area contributed by atoms with E-state index >= 15 is 0 Å². The summed E-state index contributed by atoms with van der Waals surface area (Å²) in [6.45, 7) is 0. The second-order valence-electron chi connectivity index (χ2n) is 2.87. The summed E-state index contributed by atoms with van der Waals surface area (Å²) in [6.07, 6.45) is 3.46. The number of benzene rings is 1. The van der Waals surface area contributed by atoms with Crippen LogP contribution in [0.4, 0.5) is 0 Å². The van der Waals surface area contributed by atoms with Gasteiger partial charge in [-0.1, -0.05) is 6.07 Å². The van der Waals surface area contributed by atoms with E-state index in [2.05, 4.69) is 20.4 Å². The van der Waals surface area contributed by atoms with Crippen LogP contribution < -0.4 is 0 Å². The van der Waals surface area contributed by atoms with Crippen molar-refractivity contribution in [2.24, 2.45) is 0 Å². The van der Waals surface area contributed by atoms with Crippen molar-refractivity contribution in [1.82, 2.24) is 20.4 Å². The molecule has 0 fully saturated rings. The lowest BCUT2D eigenvalue weighted by Gasteiger charge is -1.94. The Bertz CT molecular complexity index is 570. The van der Waals surface area contributed by atoms with Gasteiger partial charge in [-0.25, -0.2) is 0 Å². The average molecular weight is 170 g/mol. The first kappa shape index (κ1) is 6.54. The van der Waals surface area contributed by atoms with Crippen molar-refractivity contribution in [3.63, 3.8) is 0 Å². The molecule has 0 radical (unpaired) electrons. The predicted octanol–water partition coefficient (Wildman–Crippen LogP) is 1.51. The molecule has 0 bridgehead atoms. The standard InChI is InChI=1S/C9H6N4/c1-2-8-7(5-11-12-8)9-6(1)3-4-10-13-9/h1-5H,(H,11,12). The van der Waals surface area contributed by atoms with E-state index in [1.54, 1.807) is 12.4 Å². The zero-order valence-corrected chi connectivity index (χ0v) is 6.73. The van der Waals surface area contributed by atoms with Crippen molar-refractivity contribution in [1.29, 1.82) is 0 Å². The Hall–Kier alpha value is -1.97. The van der Waals surface area contributed by atoms with Crippen LogP contribution in [0, 0.1) is 0 Å². The van der Waals surface area contributed by atoms with Crippen molar-refractivity contribution in [3.8, 4) is 0 Å². The second kappa shape index (κ2) is 2.26. The Kier molecular flexibility index (Phi) is 1.14. The van der Waals surface area contributed by atoms with E-state index in [0.29, 0.717) is 0 Å². The van der Waals surface area contributed by atoms with Crippen LogP contribution in [0.25, 0.3) is 21.8 Å². The van der Waals surface area contributed by atoms with E-state index in [0.717, 1.165) is 21.8 Å². The van der Waals surface area contributed by atoms with Gasteiger partial charge < -0.3 is 0 Å². The molecular weight excluding hydrogens is 164 g/mol. The van der Waals surface area contributed by atoms with Crippen LogP contribution in [0.2, 0.25) is 0 Å². The zero-order valence-electron chi connectivity index (χ0n) is 6.73. The number of aromatic amines is 1. The molecule has 2 aromatic heterocycles. The van der Waals surface area contributed by atoms with Gasteiger partial charge in [-0.15, -0.1) is 5.10 Å². The minimum absolute atomic E-state index is 0.897. The third-order valence-electron chi connectivity index (χ3n) is 2.11. The highest BCUT2D eigenvalue weighted by Crippen LogP contribution is 2.20. The van der Waals surface area contributed by atoms with Crippen molar-refractivity contribution in [2.75, 3.05) is 0 Å². The number of nitrogens with zero attached hydrogens (tertiary/aromatic N) is 3. The van der Waals surface area contributed by atoms with Crippen molar-refractivity contribution in [2.45, 2.75) is 0 Å². The molecule has 0 atom stereocenters. The van der Waals surface area contributed by atoms with Crippen molar-refractivity contribution < 1.29 is 0 Å². The second-order valence-corrected chi connectivity index (χ2v) is 2.87. The third kappa shape index (κ3) is 0.823. The van der Waals surface area contributed by atoms with E-state index in [9.17, 15) is 0 Å². The molecule has 4 heteroatoms. The molecule has 0 saturated carbocycles. The fourth-order valence-corrected chi connectivity index (χ4v) is 1.47. The van der Waals surface area contributed by atoms with Crippen molar-refractivity contribution in [3.05, 3.63) is 30.6 Å². The summed E-state index contributed by atoms with van der Waals surface area (Å²) in [7, 11) is 0. The fraction of sp³-hybridized carbons (Fsp3) is 0. The SMILES string of the molecule is c1cc2ccc3[nH]ncc3c2nn1. The number of hydrogen-bond donors (Lipinski definition) is 1. The van der Waals surface area contributed by atoms with Crippen molar-refractivity contribution >= 4 is 21.8 Å². The van der Waals surface area contributed by atoms with E-state index in [1.165, 1.54) is 0 Å². The van der Waals surface area contributed by atoms with E-state index in [1.807, 2.05) is 18.2 Å². The molecule has 3 aromatic rings. The summed E-state index contributed by atoms with van der Waals surface area (Å²) in [5.41, 5.74) is 1.89. The normalized spacial score (nSPS) is 11.1. The highest BCUT2D eigenvalue weighted by atomic mass is 15.1. The van der Waals surface area contributed by atoms with Crippen LogP contribution in [0.5, 0.6) is 0 Å². The van der Waals surface area contributed by atoms with Gasteiger partial charge in [-0.2, -0.15) is 10.2 Å². The molecule has 13 heavy (non-hydrogen) atoms. The molecule has 0 aliphatic rings. The fourth-order valence-electron chi connectivity index (χ4n) is 1.47. The summed E-state index contributed by atoms with van der Waals surface area (Å²) < 4.78 is 0. The maximum Gasteiger partial charge on any atom is 0.104 e. The average Bonchev–Trinajstić information content (AvgIpc) is 2.65. The molecular formula is C9H6N4. The highest BCUT2D eigenvalue weighted by molar-refractivity contribution is 6.02. The van der Waals surface area contributed by atoms with Gasteiger partial charge in [-0.05, 0) is 12.1 Å². The minimum Gasteiger partial charge on any atom is -0.278 e. The number of nitrogens with one attached hydrogen (secondary N) is 1. The molecule has 0 aliphatic heterocycles. The summed E-state index contributed by atoms with van der Waals surface area (Å²) >= 11 is 0. The zero-order chi connectivity index (χ0) is 8.67. The van der Waals surface area contributed by atoms with Gasteiger partial charge in [0.1, 0.15) is 5.52 Å². The molecule has 4 nitrogen and oxygen atoms in total. The Balaban J connectivity index is 2.65. The first-order valence-corrected chi connectivity index (χ1v) is 3.98. The van der Waals surface area contributed by atoms with Gasteiger partial charge in [0.2, 0.25) is 0 Å². The Morgan fingerprint density at radius 3 is 3.15 bits per heavy atom. The summed E-state index contributed by atoms with van der Waals surface area (Å²) in [5, 5.41) is 16.9. The Morgan fingerprint density at radius 2 is 2.15 bits per heavy atom. The Labute approximate surface area is 73.6 Å². The number of aromatic nitrogens is 4. The molecule has 0 amide bonds. The summed E-state index contributed by atoms with van der Waals surface area (Å²) in [5.74, 6) is 0. The lowest BCUT2D eigenvalue weighted by atomic mass is 10.2. The monoisotopic (exact) mass is 170 g/mol. The van der Waals surface area contributed by atoms with Gasteiger partial charge in [0.05, 0.1) is 17.9 Å². The van der Waals surface area contributed by atoms with Crippen LogP contribution in [0.1, 0.15) is 0 Å². The number of hydrogen-bond acceptors (Lipinski definition) is 3. The van der Waals surface area contributed by atoms with Gasteiger partial charge in [-0.3, -0.25) is 5.10 Å². The maximum absolute atomic E-state index is 4.07. The quantitative estimate of drug-likeness (QED) is 0.556. The largest absolute Gasteiger partial charge is 0.278 e. The van der Waals surface area contributed by atoms with Crippen LogP contribution in [-0.2, 0) is 0 Å². The van der Waals surface area contributed by atoms with Gasteiger partial charge in [0.25, 0.3) is 0 Å². The van der Waals surface area contributed by atoms with Crippen LogP contribution in [0.15, 0.2) is 30.6 Å². The van der Waals surface area contributed by atoms with Crippen LogP contribution in [0.3, 0.4) is 0 Å². The predicted molar refractivity (Wildman–Crippen MR) is 49.2 cm³/mol. The number of H-pyrrole nitrogens is 1. The first-order valence-electron chi connectivity index (χ1n) is 3.98. The Morgan fingerprint density at radius 1 is 1.15 bits per heavy atom. The third-order valence-corrected chi connectivity index (χ3v) is 2.11.